The SMILES string of the molecule is COCc1cc(Cl)nc(C(OC)C2CCCCC2)n1. The van der Waals surface area contributed by atoms with E-state index < -0.39 is 0 Å². The van der Waals surface area contributed by atoms with Gasteiger partial charge in [-0.2, -0.15) is 0 Å². The number of halogens is 1. The largest absolute Gasteiger partial charge is 0.378 e. The van der Waals surface area contributed by atoms with E-state index in [1.54, 1.807) is 20.3 Å². The van der Waals surface area contributed by atoms with Crippen molar-refractivity contribution in [1.82, 2.24) is 9.97 Å². The molecular formula is C14H21ClN2O2. The van der Waals surface area contributed by atoms with Crippen molar-refractivity contribution < 1.29 is 9.47 Å². The summed E-state index contributed by atoms with van der Waals surface area (Å²) in [4.78, 5) is 8.86. The summed E-state index contributed by atoms with van der Waals surface area (Å²) in [7, 11) is 3.37. The highest BCUT2D eigenvalue weighted by atomic mass is 35.5. The fourth-order valence-electron chi connectivity index (χ4n) is 2.78. The Kier molecular flexibility index (Phi) is 5.55. The predicted octanol–water partition coefficient (Wildman–Crippen LogP) is 3.54. The van der Waals surface area contributed by atoms with Crippen molar-refractivity contribution in [3.05, 3.63) is 22.7 Å². The fraction of sp³-hybridized carbons (Fsp3) is 0.714. The maximum absolute atomic E-state index is 6.06. The molecule has 1 aliphatic rings. The first-order chi connectivity index (χ1) is 9.24. The Bertz CT molecular complexity index is 408. The van der Waals surface area contributed by atoms with Crippen LogP contribution >= 0.6 is 11.6 Å². The van der Waals surface area contributed by atoms with Crippen LogP contribution in [0.25, 0.3) is 0 Å². The van der Waals surface area contributed by atoms with Crippen molar-refractivity contribution in [2.75, 3.05) is 14.2 Å². The van der Waals surface area contributed by atoms with E-state index in [4.69, 9.17) is 21.1 Å². The number of ether oxygens (including phenoxy) is 2. The van der Waals surface area contributed by atoms with Crippen LogP contribution < -0.4 is 0 Å². The molecule has 1 aromatic rings. The summed E-state index contributed by atoms with van der Waals surface area (Å²) < 4.78 is 10.7. The van der Waals surface area contributed by atoms with E-state index in [9.17, 15) is 0 Å². The third kappa shape index (κ3) is 3.88. The molecule has 2 rings (SSSR count). The molecule has 106 valence electrons. The number of rotatable bonds is 5. The van der Waals surface area contributed by atoms with Gasteiger partial charge in [-0.25, -0.2) is 9.97 Å². The molecule has 0 aromatic carbocycles. The lowest BCUT2D eigenvalue weighted by Crippen LogP contribution is -2.20. The van der Waals surface area contributed by atoms with Crippen molar-refractivity contribution >= 4 is 11.6 Å². The van der Waals surface area contributed by atoms with Gasteiger partial charge in [0.05, 0.1) is 12.3 Å². The third-order valence-corrected chi connectivity index (χ3v) is 3.84. The van der Waals surface area contributed by atoms with Crippen molar-refractivity contribution in [3.63, 3.8) is 0 Å². The van der Waals surface area contributed by atoms with Crippen LogP contribution in [-0.2, 0) is 16.1 Å². The molecule has 1 unspecified atom stereocenters. The van der Waals surface area contributed by atoms with Gasteiger partial charge in [-0.05, 0) is 24.8 Å². The van der Waals surface area contributed by atoms with Gasteiger partial charge in [-0.1, -0.05) is 30.9 Å². The van der Waals surface area contributed by atoms with E-state index in [-0.39, 0.29) is 6.10 Å². The van der Waals surface area contributed by atoms with Gasteiger partial charge in [0, 0.05) is 14.2 Å². The van der Waals surface area contributed by atoms with E-state index in [0.29, 0.717) is 23.5 Å². The van der Waals surface area contributed by atoms with Gasteiger partial charge in [0.1, 0.15) is 11.3 Å². The average molecular weight is 285 g/mol. The summed E-state index contributed by atoms with van der Waals surface area (Å²) in [6, 6.07) is 1.74. The number of aromatic nitrogens is 2. The van der Waals surface area contributed by atoms with Gasteiger partial charge in [-0.15, -0.1) is 0 Å². The zero-order chi connectivity index (χ0) is 13.7. The number of hydrogen-bond acceptors (Lipinski definition) is 4. The molecule has 5 heteroatoms. The van der Waals surface area contributed by atoms with E-state index in [2.05, 4.69) is 9.97 Å². The topological polar surface area (TPSA) is 44.2 Å². The predicted molar refractivity (Wildman–Crippen MR) is 74.1 cm³/mol. The summed E-state index contributed by atoms with van der Waals surface area (Å²) in [5, 5.41) is 0.454. The monoisotopic (exact) mass is 284 g/mol. The Morgan fingerprint density at radius 1 is 1.26 bits per heavy atom. The molecule has 4 nitrogen and oxygen atoms in total. The van der Waals surface area contributed by atoms with Crippen molar-refractivity contribution in [2.45, 2.75) is 44.8 Å². The third-order valence-electron chi connectivity index (χ3n) is 3.64. The standard InChI is InChI=1S/C14H21ClN2O2/c1-18-9-11-8-12(15)17-14(16-11)13(19-2)10-6-4-3-5-7-10/h8,10,13H,3-7,9H2,1-2H3. The van der Waals surface area contributed by atoms with E-state index >= 15 is 0 Å². The minimum atomic E-state index is -0.0605. The zero-order valence-electron chi connectivity index (χ0n) is 11.6. The van der Waals surface area contributed by atoms with Gasteiger partial charge in [0.15, 0.2) is 5.82 Å². The summed E-state index contributed by atoms with van der Waals surface area (Å²) in [6.45, 7) is 0.441. The van der Waals surface area contributed by atoms with Crippen LogP contribution in [0.2, 0.25) is 5.15 Å². The highest BCUT2D eigenvalue weighted by molar-refractivity contribution is 6.29. The minimum absolute atomic E-state index is 0.0605. The molecule has 0 aliphatic heterocycles. The highest BCUT2D eigenvalue weighted by Crippen LogP contribution is 2.35. The molecule has 1 aromatic heterocycles. The lowest BCUT2D eigenvalue weighted by molar-refractivity contribution is 0.0284. The molecule has 0 saturated heterocycles. The molecule has 0 bridgehead atoms. The Hall–Kier alpha value is -0.710. The molecular weight excluding hydrogens is 264 g/mol. The zero-order valence-corrected chi connectivity index (χ0v) is 12.3. The Labute approximate surface area is 119 Å². The Balaban J connectivity index is 2.21. The second-order valence-electron chi connectivity index (χ2n) is 5.03. The number of methoxy groups -OCH3 is 2. The fourth-order valence-corrected chi connectivity index (χ4v) is 2.99. The first-order valence-electron chi connectivity index (χ1n) is 6.79. The highest BCUT2D eigenvalue weighted by Gasteiger charge is 2.27. The van der Waals surface area contributed by atoms with E-state index in [1.807, 2.05) is 0 Å². The first kappa shape index (κ1) is 14.7. The number of nitrogens with zero attached hydrogens (tertiary/aromatic N) is 2. The molecule has 1 aliphatic carbocycles. The molecule has 1 saturated carbocycles. The van der Waals surface area contributed by atoms with Gasteiger partial charge >= 0.3 is 0 Å². The summed E-state index contributed by atoms with van der Waals surface area (Å²) in [5.74, 6) is 1.18. The van der Waals surface area contributed by atoms with Crippen LogP contribution in [-0.4, -0.2) is 24.2 Å². The Morgan fingerprint density at radius 3 is 2.63 bits per heavy atom. The maximum atomic E-state index is 6.06. The van der Waals surface area contributed by atoms with Crippen molar-refractivity contribution in [2.24, 2.45) is 5.92 Å². The minimum Gasteiger partial charge on any atom is -0.378 e. The molecule has 0 amide bonds. The smallest absolute Gasteiger partial charge is 0.159 e. The quantitative estimate of drug-likeness (QED) is 0.776. The first-order valence-corrected chi connectivity index (χ1v) is 7.17. The van der Waals surface area contributed by atoms with Crippen LogP contribution in [0, 0.1) is 5.92 Å². The van der Waals surface area contributed by atoms with Crippen LogP contribution in [0.4, 0.5) is 0 Å². The van der Waals surface area contributed by atoms with Gasteiger partial charge in [0.25, 0.3) is 0 Å². The summed E-state index contributed by atoms with van der Waals surface area (Å²) >= 11 is 6.06. The molecule has 0 N–H and O–H groups in total. The normalized spacial score (nSPS) is 18.5. The van der Waals surface area contributed by atoms with E-state index in [0.717, 1.165) is 5.69 Å². The van der Waals surface area contributed by atoms with Gasteiger partial charge < -0.3 is 9.47 Å². The van der Waals surface area contributed by atoms with Crippen molar-refractivity contribution in [1.29, 1.82) is 0 Å². The lowest BCUT2D eigenvalue weighted by atomic mass is 9.85. The second kappa shape index (κ2) is 7.17. The second-order valence-corrected chi connectivity index (χ2v) is 5.41. The van der Waals surface area contributed by atoms with E-state index in [1.165, 1.54) is 32.1 Å². The Morgan fingerprint density at radius 2 is 2.00 bits per heavy atom. The van der Waals surface area contributed by atoms with Crippen LogP contribution in [0.15, 0.2) is 6.07 Å². The average Bonchev–Trinajstić information content (AvgIpc) is 2.40. The molecule has 0 radical (unpaired) electrons. The molecule has 19 heavy (non-hydrogen) atoms. The summed E-state index contributed by atoms with van der Waals surface area (Å²) in [5.41, 5.74) is 0.801. The van der Waals surface area contributed by atoms with Crippen molar-refractivity contribution in [3.8, 4) is 0 Å². The molecule has 1 atom stereocenters. The molecule has 1 fully saturated rings. The van der Waals surface area contributed by atoms with Gasteiger partial charge in [-0.3, -0.25) is 0 Å². The lowest BCUT2D eigenvalue weighted by Gasteiger charge is -2.28. The van der Waals surface area contributed by atoms with Crippen LogP contribution in [0.1, 0.15) is 49.7 Å². The van der Waals surface area contributed by atoms with Crippen LogP contribution in [0.3, 0.4) is 0 Å². The van der Waals surface area contributed by atoms with Crippen LogP contribution in [0.5, 0.6) is 0 Å². The maximum Gasteiger partial charge on any atom is 0.159 e. The molecule has 0 spiro atoms. The molecule has 1 heterocycles. The number of hydrogen-bond donors (Lipinski definition) is 0. The van der Waals surface area contributed by atoms with Gasteiger partial charge in [0.2, 0.25) is 0 Å². The summed E-state index contributed by atoms with van der Waals surface area (Å²) in [6.07, 6.45) is 6.13.